The number of alkyl halides is 3. The fourth-order valence-electron chi connectivity index (χ4n) is 5.44. The number of halogens is 5. The summed E-state index contributed by atoms with van der Waals surface area (Å²) in [5, 5.41) is 7.08. The van der Waals surface area contributed by atoms with Crippen LogP contribution in [0.15, 0.2) is 66.7 Å². The van der Waals surface area contributed by atoms with Gasteiger partial charge in [0.1, 0.15) is 5.41 Å². The molecule has 2 N–H and O–H groups in total. The third kappa shape index (κ3) is 3.52. The van der Waals surface area contributed by atoms with Gasteiger partial charge in [0.25, 0.3) is 0 Å². The number of nitrogens with one attached hydrogen (secondary N) is 2. The van der Waals surface area contributed by atoms with Crippen LogP contribution in [0.1, 0.15) is 40.6 Å². The Balaban J connectivity index is 1.81. The minimum absolute atomic E-state index is 0.0367. The predicted molar refractivity (Wildman–Crippen MR) is 123 cm³/mol. The largest absolute Gasteiger partial charge is 0.416 e. The molecule has 170 valence electrons. The van der Waals surface area contributed by atoms with Crippen LogP contribution in [0.4, 0.5) is 18.9 Å². The zero-order chi connectivity index (χ0) is 23.4. The summed E-state index contributed by atoms with van der Waals surface area (Å²) < 4.78 is 42.1. The quantitative estimate of drug-likeness (QED) is 0.418. The van der Waals surface area contributed by atoms with Crippen molar-refractivity contribution >= 4 is 34.8 Å². The summed E-state index contributed by atoms with van der Waals surface area (Å²) in [6.45, 7) is 0.436. The maximum atomic E-state index is 14.0. The standard InChI is InChI=1S/C25H19Cl2F3N2O/c26-15-5-3-4-14(12-15)18-10-11-31-22(17-6-1-2-7-19(17)25(28,29)30)24(18)20-9-8-16(27)13-21(20)32-23(24)33/h1-9,12-13,18,22,31H,10-11H2,(H,32,33)/t18-,22+,24+/m0/s1. The lowest BCUT2D eigenvalue weighted by atomic mass is 9.59. The maximum Gasteiger partial charge on any atom is 0.416 e. The Labute approximate surface area is 198 Å². The highest BCUT2D eigenvalue weighted by Crippen LogP contribution is 2.58. The van der Waals surface area contributed by atoms with Gasteiger partial charge in [0.2, 0.25) is 5.91 Å². The Kier molecular flexibility index (Phi) is 5.43. The first-order valence-electron chi connectivity index (χ1n) is 10.5. The molecule has 3 aromatic carbocycles. The van der Waals surface area contributed by atoms with Crippen LogP contribution in [-0.4, -0.2) is 12.5 Å². The van der Waals surface area contributed by atoms with E-state index in [1.807, 2.05) is 6.07 Å². The van der Waals surface area contributed by atoms with Crippen LogP contribution in [0.25, 0.3) is 0 Å². The zero-order valence-electron chi connectivity index (χ0n) is 17.2. The van der Waals surface area contributed by atoms with Gasteiger partial charge in [-0.05, 0) is 60.0 Å². The van der Waals surface area contributed by atoms with E-state index < -0.39 is 29.1 Å². The number of carbonyl (C=O) groups is 1. The Hall–Kier alpha value is -2.54. The molecule has 1 spiro atoms. The van der Waals surface area contributed by atoms with Crippen molar-refractivity contribution in [2.45, 2.75) is 30.0 Å². The number of rotatable bonds is 2. The van der Waals surface area contributed by atoms with E-state index in [1.54, 1.807) is 42.5 Å². The summed E-state index contributed by atoms with van der Waals surface area (Å²) in [4.78, 5) is 13.8. The average Bonchev–Trinajstić information content (AvgIpc) is 3.04. The van der Waals surface area contributed by atoms with E-state index in [0.717, 1.165) is 11.6 Å². The number of fused-ring (bicyclic) bond motifs is 2. The molecule has 5 rings (SSSR count). The highest BCUT2D eigenvalue weighted by atomic mass is 35.5. The molecule has 0 saturated carbocycles. The van der Waals surface area contributed by atoms with Gasteiger partial charge in [-0.15, -0.1) is 0 Å². The third-order valence-electron chi connectivity index (χ3n) is 6.67. The van der Waals surface area contributed by atoms with Gasteiger partial charge in [-0.3, -0.25) is 4.79 Å². The van der Waals surface area contributed by atoms with Crippen molar-refractivity contribution in [2.24, 2.45) is 0 Å². The Bertz CT molecular complexity index is 1250. The number of amides is 1. The molecule has 0 unspecified atom stereocenters. The van der Waals surface area contributed by atoms with Gasteiger partial charge in [-0.2, -0.15) is 13.2 Å². The monoisotopic (exact) mass is 490 g/mol. The molecule has 0 aliphatic carbocycles. The van der Waals surface area contributed by atoms with Crippen LogP contribution in [-0.2, 0) is 16.4 Å². The minimum atomic E-state index is -4.57. The highest BCUT2D eigenvalue weighted by molar-refractivity contribution is 6.31. The number of anilines is 1. The molecular formula is C25H19Cl2F3N2O. The van der Waals surface area contributed by atoms with E-state index in [9.17, 15) is 18.0 Å². The van der Waals surface area contributed by atoms with Crippen LogP contribution < -0.4 is 10.6 Å². The van der Waals surface area contributed by atoms with Gasteiger partial charge < -0.3 is 10.6 Å². The van der Waals surface area contributed by atoms with Gasteiger partial charge in [0, 0.05) is 21.7 Å². The van der Waals surface area contributed by atoms with Crippen molar-refractivity contribution in [3.63, 3.8) is 0 Å². The smallest absolute Gasteiger partial charge is 0.325 e. The molecule has 0 aromatic heterocycles. The van der Waals surface area contributed by atoms with Gasteiger partial charge >= 0.3 is 6.18 Å². The van der Waals surface area contributed by atoms with Crippen molar-refractivity contribution in [3.05, 3.63) is 99.0 Å². The fourth-order valence-corrected chi connectivity index (χ4v) is 5.81. The third-order valence-corrected chi connectivity index (χ3v) is 7.14. The summed E-state index contributed by atoms with van der Waals surface area (Å²) >= 11 is 12.5. The molecular weight excluding hydrogens is 472 g/mol. The number of hydrogen-bond donors (Lipinski definition) is 2. The Morgan fingerprint density at radius 1 is 0.939 bits per heavy atom. The number of hydrogen-bond acceptors (Lipinski definition) is 2. The molecule has 33 heavy (non-hydrogen) atoms. The predicted octanol–water partition coefficient (Wildman–Crippen LogP) is 6.72. The minimum Gasteiger partial charge on any atom is -0.325 e. The lowest BCUT2D eigenvalue weighted by molar-refractivity contribution is -0.139. The number of carbonyl (C=O) groups excluding carboxylic acids is 1. The summed E-state index contributed by atoms with van der Waals surface area (Å²) in [7, 11) is 0. The van der Waals surface area contributed by atoms with Gasteiger partial charge in [0.15, 0.2) is 0 Å². The molecule has 1 amide bonds. The van der Waals surface area contributed by atoms with Gasteiger partial charge in [-0.1, -0.05) is 59.6 Å². The van der Waals surface area contributed by atoms with E-state index in [4.69, 9.17) is 23.2 Å². The van der Waals surface area contributed by atoms with Crippen LogP contribution in [0.2, 0.25) is 10.0 Å². The average molecular weight is 491 g/mol. The molecule has 8 heteroatoms. The molecule has 2 heterocycles. The fraction of sp³-hybridized carbons (Fsp3) is 0.240. The van der Waals surface area contributed by atoms with E-state index in [0.29, 0.717) is 34.3 Å². The second-order valence-corrected chi connectivity index (χ2v) is 9.25. The number of piperidine rings is 1. The van der Waals surface area contributed by atoms with E-state index in [1.165, 1.54) is 12.1 Å². The van der Waals surface area contributed by atoms with Crippen molar-refractivity contribution in [1.82, 2.24) is 5.32 Å². The van der Waals surface area contributed by atoms with Crippen molar-refractivity contribution in [1.29, 1.82) is 0 Å². The first-order valence-corrected chi connectivity index (χ1v) is 11.2. The topological polar surface area (TPSA) is 41.1 Å². The molecule has 3 nitrogen and oxygen atoms in total. The van der Waals surface area contributed by atoms with E-state index >= 15 is 0 Å². The lowest BCUT2D eigenvalue weighted by Gasteiger charge is -2.47. The lowest BCUT2D eigenvalue weighted by Crippen LogP contribution is -2.55. The van der Waals surface area contributed by atoms with Crippen LogP contribution in [0.3, 0.4) is 0 Å². The molecule has 3 atom stereocenters. The molecule has 2 aliphatic heterocycles. The first-order chi connectivity index (χ1) is 15.7. The van der Waals surface area contributed by atoms with Gasteiger partial charge in [-0.25, -0.2) is 0 Å². The van der Waals surface area contributed by atoms with Crippen molar-refractivity contribution < 1.29 is 18.0 Å². The Morgan fingerprint density at radius 2 is 1.70 bits per heavy atom. The van der Waals surface area contributed by atoms with Crippen LogP contribution in [0, 0.1) is 0 Å². The maximum absolute atomic E-state index is 14.0. The van der Waals surface area contributed by atoms with Crippen molar-refractivity contribution in [2.75, 3.05) is 11.9 Å². The van der Waals surface area contributed by atoms with Crippen molar-refractivity contribution in [3.8, 4) is 0 Å². The summed E-state index contributed by atoms with van der Waals surface area (Å²) in [6, 6.07) is 16.7. The van der Waals surface area contributed by atoms with Gasteiger partial charge in [0.05, 0.1) is 11.6 Å². The molecule has 1 saturated heterocycles. The normalized spacial score (nSPS) is 24.6. The molecule has 1 fully saturated rings. The Morgan fingerprint density at radius 3 is 2.45 bits per heavy atom. The van der Waals surface area contributed by atoms with E-state index in [2.05, 4.69) is 10.6 Å². The van der Waals surface area contributed by atoms with E-state index in [-0.39, 0.29) is 11.5 Å². The molecule has 2 aliphatic rings. The SMILES string of the molecule is O=C1Nc2cc(Cl)ccc2[C@]12[C@@H](c1ccccc1C(F)(F)F)NCC[C@H]2c1cccc(Cl)c1. The van der Waals surface area contributed by atoms with Crippen LogP contribution in [0.5, 0.6) is 0 Å². The molecule has 0 radical (unpaired) electrons. The zero-order valence-corrected chi connectivity index (χ0v) is 18.7. The molecule has 0 bridgehead atoms. The first kappa shape index (κ1) is 22.3. The second kappa shape index (κ2) is 8.05. The second-order valence-electron chi connectivity index (χ2n) is 8.38. The highest BCUT2D eigenvalue weighted by Gasteiger charge is 2.60. The number of benzene rings is 3. The summed E-state index contributed by atoms with van der Waals surface area (Å²) in [5.41, 5.74) is -0.117. The van der Waals surface area contributed by atoms with Crippen LogP contribution >= 0.6 is 23.2 Å². The summed E-state index contributed by atoms with van der Waals surface area (Å²) in [5.74, 6) is -0.773. The molecule has 3 aromatic rings. The summed E-state index contributed by atoms with van der Waals surface area (Å²) in [6.07, 6.45) is -4.03.